The van der Waals surface area contributed by atoms with Crippen molar-refractivity contribution in [1.82, 2.24) is 0 Å². The van der Waals surface area contributed by atoms with Crippen LogP contribution in [0.4, 0.5) is 0 Å². The molecule has 0 radical (unpaired) electrons. The Balaban J connectivity index is 6.85. The predicted octanol–water partition coefficient (Wildman–Crippen LogP) is 8.20. The second-order valence-electron chi connectivity index (χ2n) is 9.70. The van der Waals surface area contributed by atoms with Gasteiger partial charge >= 0.3 is 141 Å². The first kappa shape index (κ1) is 21.8. The van der Waals surface area contributed by atoms with Gasteiger partial charge in [-0.05, 0) is 0 Å². The zero-order valence-corrected chi connectivity index (χ0v) is 20.2. The molecule has 0 rings (SSSR count). The van der Waals surface area contributed by atoms with Crippen LogP contribution in [0, 0.1) is 0 Å². The Bertz CT molecular complexity index is 264. The van der Waals surface area contributed by atoms with Crippen molar-refractivity contribution in [2.24, 2.45) is 0 Å². The molecule has 0 heterocycles. The van der Waals surface area contributed by atoms with Crippen molar-refractivity contribution in [1.29, 1.82) is 0 Å². The zero-order valence-electron chi connectivity index (χ0n) is 17.3. The summed E-state index contributed by atoms with van der Waals surface area (Å²) in [5.41, 5.74) is 0. The van der Waals surface area contributed by atoms with Gasteiger partial charge in [-0.15, -0.1) is 0 Å². The normalized spacial score (nSPS) is 15.4. The van der Waals surface area contributed by atoms with E-state index in [0.29, 0.717) is 13.7 Å². The molecule has 128 valence electrons. The molecule has 0 aromatic carbocycles. The van der Waals surface area contributed by atoms with Crippen LogP contribution < -0.4 is 0 Å². The van der Waals surface area contributed by atoms with E-state index >= 15 is 0 Å². The first-order valence-corrected chi connectivity index (χ1v) is 15.0. The van der Waals surface area contributed by atoms with Crippen LogP contribution in [0.3, 0.4) is 0 Å². The summed E-state index contributed by atoms with van der Waals surface area (Å²) in [4.78, 5) is 0. The van der Waals surface area contributed by atoms with Crippen LogP contribution >= 0.6 is 0 Å². The molecule has 0 saturated carbocycles. The van der Waals surface area contributed by atoms with Crippen molar-refractivity contribution < 1.29 is 0 Å². The van der Waals surface area contributed by atoms with Crippen LogP contribution in [0.25, 0.3) is 0 Å². The summed E-state index contributed by atoms with van der Waals surface area (Å²) in [7, 11) is 0. The summed E-state index contributed by atoms with van der Waals surface area (Å²) in [6, 6.07) is 0. The van der Waals surface area contributed by atoms with Crippen LogP contribution in [0.5, 0.6) is 0 Å². The molecule has 0 N–H and O–H groups in total. The van der Waals surface area contributed by atoms with Gasteiger partial charge in [0.25, 0.3) is 0 Å². The van der Waals surface area contributed by atoms with Gasteiger partial charge in [0.1, 0.15) is 0 Å². The molecular weight excluding hydrogens is 359 g/mol. The van der Waals surface area contributed by atoms with Gasteiger partial charge in [0.05, 0.1) is 0 Å². The van der Waals surface area contributed by atoms with Crippen LogP contribution in [0.15, 0.2) is 0 Å². The van der Waals surface area contributed by atoms with E-state index in [4.69, 9.17) is 0 Å². The molecule has 0 bridgehead atoms. The predicted molar refractivity (Wildman–Crippen MR) is 103 cm³/mol. The van der Waals surface area contributed by atoms with Crippen molar-refractivity contribution in [2.75, 3.05) is 0 Å². The molecule has 0 aromatic heterocycles. The average molecular weight is 403 g/mol. The second-order valence-corrected chi connectivity index (χ2v) is 29.4. The summed E-state index contributed by atoms with van der Waals surface area (Å²) in [5.74, 6) is 0. The fourth-order valence-corrected chi connectivity index (χ4v) is 44.0. The third-order valence-electron chi connectivity index (χ3n) is 7.60. The first-order valence-electron chi connectivity index (χ1n) is 9.24. The SMILES string of the molecule is CC[C](C)(C)[Sn]([C](C)(C)CC)([C](C)(C)CC)[C](C)(C)CC. The number of rotatable bonds is 8. The molecule has 21 heavy (non-hydrogen) atoms. The molecule has 0 aliphatic carbocycles. The molecule has 0 amide bonds. The molecular formula is C20H44Sn. The maximum atomic E-state index is 2.62. The molecule has 0 nitrogen and oxygen atoms in total. The summed E-state index contributed by atoms with van der Waals surface area (Å²) in [6.45, 7) is 30.7. The van der Waals surface area contributed by atoms with Gasteiger partial charge in [-0.25, -0.2) is 0 Å². The van der Waals surface area contributed by atoms with Gasteiger partial charge < -0.3 is 0 Å². The van der Waals surface area contributed by atoms with Gasteiger partial charge in [-0.2, -0.15) is 0 Å². The van der Waals surface area contributed by atoms with Gasteiger partial charge in [0.2, 0.25) is 0 Å². The van der Waals surface area contributed by atoms with E-state index in [2.05, 4.69) is 83.1 Å². The van der Waals surface area contributed by atoms with Crippen molar-refractivity contribution >= 4 is 18.4 Å². The van der Waals surface area contributed by atoms with Gasteiger partial charge in [-0.1, -0.05) is 0 Å². The summed E-state index contributed by atoms with van der Waals surface area (Å²) in [5, 5.41) is 0. The molecule has 0 unspecified atom stereocenters. The Hall–Kier alpha value is 0.799. The second kappa shape index (κ2) is 6.73. The van der Waals surface area contributed by atoms with Crippen LogP contribution in [0.1, 0.15) is 109 Å². The Labute approximate surface area is 140 Å². The standard InChI is InChI=1S/4C5H11.Sn/c4*1-4-5(2)3;/h4*4H2,1-3H3;. The molecule has 0 spiro atoms. The Morgan fingerprint density at radius 2 is 0.571 bits per heavy atom. The fourth-order valence-electron chi connectivity index (χ4n) is 6.56. The number of hydrogen-bond donors (Lipinski definition) is 0. The van der Waals surface area contributed by atoms with E-state index < -0.39 is 18.4 Å². The maximum absolute atomic E-state index is 2.73. The molecule has 0 saturated heterocycles. The van der Waals surface area contributed by atoms with Gasteiger partial charge in [0.15, 0.2) is 0 Å². The quantitative estimate of drug-likeness (QED) is 0.358. The minimum absolute atomic E-state index is 0.521. The Kier molecular flexibility index (Phi) is 6.99. The third kappa shape index (κ3) is 3.09. The summed E-state index contributed by atoms with van der Waals surface area (Å²) >= 11 is -2.73. The van der Waals surface area contributed by atoms with Crippen LogP contribution in [-0.2, 0) is 0 Å². The van der Waals surface area contributed by atoms with Crippen LogP contribution in [-0.4, -0.2) is 18.4 Å². The van der Waals surface area contributed by atoms with E-state index in [0.717, 1.165) is 0 Å². The van der Waals surface area contributed by atoms with Crippen molar-refractivity contribution in [3.63, 3.8) is 0 Å². The van der Waals surface area contributed by atoms with Crippen molar-refractivity contribution in [3.8, 4) is 0 Å². The molecule has 0 fully saturated rings. The monoisotopic (exact) mass is 404 g/mol. The average Bonchev–Trinajstić information content (AvgIpc) is 2.37. The van der Waals surface area contributed by atoms with E-state index in [1.54, 1.807) is 0 Å². The molecule has 0 aliphatic rings. The fraction of sp³-hybridized carbons (Fsp3) is 1.00. The minimum atomic E-state index is -2.73. The van der Waals surface area contributed by atoms with Gasteiger partial charge in [-0.3, -0.25) is 0 Å². The van der Waals surface area contributed by atoms with E-state index in [9.17, 15) is 0 Å². The van der Waals surface area contributed by atoms with E-state index in [1.165, 1.54) is 25.7 Å². The Morgan fingerprint density at radius 3 is 0.667 bits per heavy atom. The third-order valence-corrected chi connectivity index (χ3v) is 34.8. The first-order chi connectivity index (χ1) is 9.24. The summed E-state index contributed by atoms with van der Waals surface area (Å²) in [6.07, 6.45) is 5.33. The Morgan fingerprint density at radius 1 is 0.429 bits per heavy atom. The van der Waals surface area contributed by atoms with E-state index in [-0.39, 0.29) is 0 Å². The van der Waals surface area contributed by atoms with Crippen molar-refractivity contribution in [3.05, 3.63) is 0 Å². The zero-order chi connectivity index (χ0) is 17.3. The number of hydrogen-bond acceptors (Lipinski definition) is 0. The molecule has 0 atom stereocenters. The topological polar surface area (TPSA) is 0 Å². The van der Waals surface area contributed by atoms with E-state index in [1.807, 2.05) is 0 Å². The van der Waals surface area contributed by atoms with Gasteiger partial charge in [0, 0.05) is 0 Å². The molecule has 0 aromatic rings. The summed E-state index contributed by atoms with van der Waals surface area (Å²) < 4.78 is 2.08. The van der Waals surface area contributed by atoms with Crippen LogP contribution in [0.2, 0.25) is 13.7 Å². The molecule has 1 heteroatoms. The molecule has 0 aliphatic heterocycles. The van der Waals surface area contributed by atoms with Crippen molar-refractivity contribution in [2.45, 2.75) is 122 Å².